The van der Waals surface area contributed by atoms with Gasteiger partial charge in [-0.2, -0.15) is 0 Å². The molecule has 0 radical (unpaired) electrons. The molecule has 2 aromatic heterocycles. The topological polar surface area (TPSA) is 68.9 Å². The molecule has 0 saturated carbocycles. The van der Waals surface area contributed by atoms with Crippen molar-refractivity contribution in [1.29, 1.82) is 10.8 Å². The molecule has 94 valence electrons. The zero-order valence-corrected chi connectivity index (χ0v) is 11.4. The van der Waals surface area contributed by atoms with Crippen LogP contribution in [0.2, 0.25) is 0 Å². The molecule has 0 amide bonds. The standard InChI is InChI=1S/C13H12N5S/c1-17-9-5-3-4-6-10(9)18-13(17)11(15)8(7-14)12(16-18)19-2/h3-6,14-15H,1-2H3/q+1. The van der Waals surface area contributed by atoms with Crippen LogP contribution in [-0.2, 0) is 7.05 Å². The third-order valence-electron chi connectivity index (χ3n) is 3.19. The van der Waals surface area contributed by atoms with E-state index < -0.39 is 0 Å². The highest BCUT2D eigenvalue weighted by Crippen LogP contribution is 2.12. The quantitative estimate of drug-likeness (QED) is 0.375. The summed E-state index contributed by atoms with van der Waals surface area (Å²) >= 11 is 1.42. The first kappa shape index (κ1) is 11.9. The van der Waals surface area contributed by atoms with Crippen molar-refractivity contribution in [1.82, 2.24) is 9.61 Å². The van der Waals surface area contributed by atoms with Gasteiger partial charge in [0.1, 0.15) is 5.22 Å². The number of thioether (sulfide) groups is 1. The van der Waals surface area contributed by atoms with Crippen molar-refractivity contribution in [2.75, 3.05) is 6.26 Å². The number of aryl methyl sites for hydroxylation is 1. The van der Waals surface area contributed by atoms with Gasteiger partial charge in [-0.3, -0.25) is 10.8 Å². The Labute approximate surface area is 113 Å². The van der Waals surface area contributed by atoms with Gasteiger partial charge in [0.25, 0.3) is 0 Å². The average molecular weight is 270 g/mol. The predicted molar refractivity (Wildman–Crippen MR) is 73.6 cm³/mol. The minimum atomic E-state index is 0.285. The van der Waals surface area contributed by atoms with Crippen LogP contribution in [0.3, 0.4) is 0 Å². The molecule has 2 heterocycles. The number of para-hydroxylation sites is 2. The predicted octanol–water partition coefficient (Wildman–Crippen LogP) is 0.152. The number of hydrogen-bond donors (Lipinski definition) is 2. The van der Waals surface area contributed by atoms with Gasteiger partial charge in [0, 0.05) is 0 Å². The molecular weight excluding hydrogens is 258 g/mol. The lowest BCUT2D eigenvalue weighted by molar-refractivity contribution is -0.619. The molecule has 0 fully saturated rings. The zero-order valence-electron chi connectivity index (χ0n) is 10.6. The van der Waals surface area contributed by atoms with Gasteiger partial charge in [-0.15, -0.1) is 11.8 Å². The van der Waals surface area contributed by atoms with E-state index in [-0.39, 0.29) is 5.36 Å². The third-order valence-corrected chi connectivity index (χ3v) is 3.86. The first-order chi connectivity index (χ1) is 9.19. The van der Waals surface area contributed by atoms with Gasteiger partial charge >= 0.3 is 5.65 Å². The fourth-order valence-electron chi connectivity index (χ4n) is 2.29. The average Bonchev–Trinajstić information content (AvgIpc) is 2.73. The van der Waals surface area contributed by atoms with Crippen molar-refractivity contribution in [3.63, 3.8) is 0 Å². The van der Waals surface area contributed by atoms with E-state index in [2.05, 4.69) is 11.0 Å². The summed E-state index contributed by atoms with van der Waals surface area (Å²) in [5.41, 5.74) is 2.65. The maximum atomic E-state index is 8.28. The molecule has 0 aliphatic carbocycles. The molecule has 5 nitrogen and oxygen atoms in total. The monoisotopic (exact) mass is 270 g/mol. The number of aromatic nitrogens is 3. The summed E-state index contributed by atoms with van der Waals surface area (Å²) in [6.45, 7) is 0. The van der Waals surface area contributed by atoms with Gasteiger partial charge in [0.15, 0.2) is 15.9 Å². The maximum absolute atomic E-state index is 8.28. The summed E-state index contributed by atoms with van der Waals surface area (Å²) in [5, 5.41) is 21.6. The van der Waals surface area contributed by atoms with E-state index in [1.807, 2.05) is 42.1 Å². The summed E-state index contributed by atoms with van der Waals surface area (Å²) in [5.74, 6) is 2.33. The Morgan fingerprint density at radius 1 is 1.37 bits per heavy atom. The minimum Gasteiger partial charge on any atom is -0.292 e. The van der Waals surface area contributed by atoms with Crippen molar-refractivity contribution >= 4 is 34.3 Å². The summed E-state index contributed by atoms with van der Waals surface area (Å²) in [4.78, 5) is 0. The van der Waals surface area contributed by atoms with Crippen LogP contribution in [-0.4, -0.2) is 21.7 Å². The number of fused-ring (bicyclic) bond motifs is 3. The lowest BCUT2D eigenvalue weighted by atomic mass is 10.3. The van der Waals surface area contributed by atoms with Gasteiger partial charge in [-0.25, -0.2) is 4.57 Å². The Bertz CT molecular complexity index is 937. The molecule has 0 saturated heterocycles. The van der Waals surface area contributed by atoms with E-state index in [4.69, 9.17) is 10.8 Å². The summed E-state index contributed by atoms with van der Waals surface area (Å²) in [7, 11) is 1.91. The molecule has 2 N–H and O–H groups in total. The van der Waals surface area contributed by atoms with Crippen molar-refractivity contribution in [2.24, 2.45) is 7.05 Å². The SMILES string of the molecule is CSc1nn2c3ccccc3[n+](C)c2c(=N)c1=C=N. The first-order valence-corrected chi connectivity index (χ1v) is 6.93. The van der Waals surface area contributed by atoms with E-state index in [9.17, 15) is 0 Å². The molecule has 0 unspecified atom stereocenters. The van der Waals surface area contributed by atoms with E-state index in [1.165, 1.54) is 11.8 Å². The molecule has 3 aromatic rings. The van der Waals surface area contributed by atoms with E-state index in [1.54, 1.807) is 4.52 Å². The molecule has 6 heteroatoms. The number of imidazole rings is 1. The molecule has 0 spiro atoms. The van der Waals surface area contributed by atoms with E-state index in [0.717, 1.165) is 11.0 Å². The molecule has 0 bridgehead atoms. The van der Waals surface area contributed by atoms with E-state index >= 15 is 0 Å². The molecule has 0 aliphatic heterocycles. The smallest absolute Gasteiger partial charge is 0.292 e. The number of benzene rings is 1. The summed E-state index contributed by atoms with van der Waals surface area (Å²) in [6.07, 6.45) is 1.89. The van der Waals surface area contributed by atoms with Crippen LogP contribution in [0.25, 0.3) is 16.7 Å². The highest BCUT2D eigenvalue weighted by atomic mass is 32.2. The summed E-state index contributed by atoms with van der Waals surface area (Å²) < 4.78 is 3.69. The van der Waals surface area contributed by atoms with Crippen LogP contribution < -0.4 is 15.1 Å². The van der Waals surface area contributed by atoms with Crippen molar-refractivity contribution in [3.05, 3.63) is 34.8 Å². The fraction of sp³-hybridized carbons (Fsp3) is 0.154. The Hall–Kier alpha value is -2.17. The highest BCUT2D eigenvalue weighted by molar-refractivity contribution is 7.98. The number of hydrogen-bond acceptors (Lipinski definition) is 4. The lowest BCUT2D eigenvalue weighted by Crippen LogP contribution is -2.40. The highest BCUT2D eigenvalue weighted by Gasteiger charge is 2.21. The van der Waals surface area contributed by atoms with Gasteiger partial charge in [0.05, 0.1) is 7.05 Å². The van der Waals surface area contributed by atoms with Crippen LogP contribution in [0.1, 0.15) is 0 Å². The van der Waals surface area contributed by atoms with Crippen LogP contribution in [0.4, 0.5) is 0 Å². The van der Waals surface area contributed by atoms with Gasteiger partial charge < -0.3 is 0 Å². The Kier molecular flexibility index (Phi) is 2.62. The number of nitrogens with one attached hydrogen (secondary N) is 2. The molecule has 1 aromatic carbocycles. The van der Waals surface area contributed by atoms with Gasteiger partial charge in [-0.05, 0) is 24.3 Å². The largest absolute Gasteiger partial charge is 0.334 e. The lowest BCUT2D eigenvalue weighted by Gasteiger charge is -1.94. The van der Waals surface area contributed by atoms with Crippen LogP contribution >= 0.6 is 11.8 Å². The Morgan fingerprint density at radius 2 is 2.11 bits per heavy atom. The second kappa shape index (κ2) is 4.19. The Balaban J connectivity index is 2.73. The molecule has 0 atom stereocenters. The normalized spacial score (nSPS) is 11.1. The van der Waals surface area contributed by atoms with Crippen LogP contribution in [0.5, 0.6) is 0 Å². The van der Waals surface area contributed by atoms with Gasteiger partial charge in [0.2, 0.25) is 5.52 Å². The first-order valence-electron chi connectivity index (χ1n) is 5.70. The van der Waals surface area contributed by atoms with Crippen LogP contribution in [0.15, 0.2) is 29.3 Å². The Morgan fingerprint density at radius 3 is 2.79 bits per heavy atom. The van der Waals surface area contributed by atoms with Crippen molar-refractivity contribution in [2.45, 2.75) is 5.03 Å². The number of rotatable bonds is 1. The third kappa shape index (κ3) is 1.51. The van der Waals surface area contributed by atoms with E-state index in [0.29, 0.717) is 15.9 Å². The second-order valence-electron chi connectivity index (χ2n) is 4.17. The van der Waals surface area contributed by atoms with Crippen LogP contribution in [0, 0.1) is 10.8 Å². The maximum Gasteiger partial charge on any atom is 0.334 e. The van der Waals surface area contributed by atoms with Gasteiger partial charge in [-0.1, -0.05) is 21.7 Å². The van der Waals surface area contributed by atoms with Crippen molar-refractivity contribution < 1.29 is 4.57 Å². The zero-order chi connectivity index (χ0) is 13.6. The molecular formula is C13H12N5S+. The summed E-state index contributed by atoms with van der Waals surface area (Å²) in [6, 6.07) is 7.89. The fourth-order valence-corrected chi connectivity index (χ4v) is 2.81. The molecule has 19 heavy (non-hydrogen) atoms. The second-order valence-corrected chi connectivity index (χ2v) is 4.96. The molecule has 0 aliphatic rings. The minimum absolute atomic E-state index is 0.285. The molecule has 3 rings (SSSR count). The number of nitrogens with zero attached hydrogens (tertiary/aromatic N) is 3. The van der Waals surface area contributed by atoms with Crippen molar-refractivity contribution in [3.8, 4) is 0 Å².